The number of carbonyl (C=O) groups excluding carboxylic acids is 1. The molecule has 1 aromatic carbocycles. The molecule has 0 saturated carbocycles. The number of carbonyl (C=O) groups is 1. The van der Waals surface area contributed by atoms with E-state index in [9.17, 15) is 4.79 Å². The van der Waals surface area contributed by atoms with Crippen LogP contribution >= 0.6 is 34.9 Å². The van der Waals surface area contributed by atoms with Crippen LogP contribution in [0.15, 0.2) is 52.9 Å². The van der Waals surface area contributed by atoms with Crippen LogP contribution in [0.5, 0.6) is 0 Å². The molecule has 0 aliphatic carbocycles. The summed E-state index contributed by atoms with van der Waals surface area (Å²) < 4.78 is 1.90. The van der Waals surface area contributed by atoms with E-state index in [2.05, 4.69) is 52.4 Å². The van der Waals surface area contributed by atoms with Gasteiger partial charge in [-0.1, -0.05) is 18.2 Å². The highest BCUT2D eigenvalue weighted by Gasteiger charge is 2.27. The number of fused-ring (bicyclic) bond motifs is 1. The highest BCUT2D eigenvalue weighted by atomic mass is 32.2. The second-order valence-corrected chi connectivity index (χ2v) is 8.70. The van der Waals surface area contributed by atoms with Gasteiger partial charge in [-0.3, -0.25) is 4.79 Å². The molecule has 1 atom stereocenters. The Bertz CT molecular complexity index is 872. The van der Waals surface area contributed by atoms with E-state index in [1.165, 1.54) is 15.3 Å². The molecule has 0 fully saturated rings. The molecule has 7 heteroatoms. The van der Waals surface area contributed by atoms with Crippen LogP contribution < -0.4 is 5.32 Å². The van der Waals surface area contributed by atoms with E-state index >= 15 is 0 Å². The summed E-state index contributed by atoms with van der Waals surface area (Å²) in [6, 6.07) is 12.7. The molecular weight excluding hydrogens is 370 g/mol. The summed E-state index contributed by atoms with van der Waals surface area (Å²) in [5.41, 5.74) is 2.28. The van der Waals surface area contributed by atoms with E-state index < -0.39 is 0 Å². The minimum atomic E-state index is 0.0300. The lowest BCUT2D eigenvalue weighted by Crippen LogP contribution is -2.16. The van der Waals surface area contributed by atoms with Gasteiger partial charge >= 0.3 is 0 Å². The van der Waals surface area contributed by atoms with Gasteiger partial charge in [-0.15, -0.1) is 34.9 Å². The van der Waals surface area contributed by atoms with Gasteiger partial charge in [-0.05, 0) is 35.4 Å². The maximum Gasteiger partial charge on any atom is 0.235 e. The molecule has 1 amide bonds. The third-order valence-corrected chi connectivity index (χ3v) is 6.99. The normalized spacial score (nSPS) is 17.0. The predicted octanol–water partition coefficient (Wildman–Crippen LogP) is 4.49. The van der Waals surface area contributed by atoms with Crippen molar-refractivity contribution >= 4 is 46.6 Å². The number of anilines is 1. The molecule has 0 saturated heterocycles. The first-order chi connectivity index (χ1) is 12.2. The zero-order valence-electron chi connectivity index (χ0n) is 13.6. The molecule has 0 bridgehead atoms. The third-order valence-electron chi connectivity index (χ3n) is 4.09. The largest absolute Gasteiger partial charge is 0.310 e. The topological polar surface area (TPSA) is 46.9 Å². The number of amides is 1. The summed E-state index contributed by atoms with van der Waals surface area (Å²) in [4.78, 5) is 14.7. The second kappa shape index (κ2) is 7.27. The second-order valence-electron chi connectivity index (χ2n) is 5.70. The van der Waals surface area contributed by atoms with Gasteiger partial charge in [-0.25, -0.2) is 4.68 Å². The maximum atomic E-state index is 12.2. The summed E-state index contributed by atoms with van der Waals surface area (Å²) >= 11 is 5.08. The van der Waals surface area contributed by atoms with Crippen LogP contribution in [0.3, 0.4) is 0 Å². The Morgan fingerprint density at radius 3 is 2.88 bits per heavy atom. The first-order valence-corrected chi connectivity index (χ1v) is 11.0. The Morgan fingerprint density at radius 2 is 2.16 bits per heavy atom. The number of nitrogens with zero attached hydrogens (tertiary/aromatic N) is 2. The van der Waals surface area contributed by atoms with Crippen molar-refractivity contribution < 1.29 is 4.79 Å². The van der Waals surface area contributed by atoms with Crippen LogP contribution in [0, 0.1) is 0 Å². The zero-order chi connectivity index (χ0) is 17.2. The van der Waals surface area contributed by atoms with E-state index in [4.69, 9.17) is 0 Å². The molecule has 4 rings (SSSR count). The van der Waals surface area contributed by atoms with Gasteiger partial charge in [0.2, 0.25) is 5.91 Å². The fourth-order valence-electron chi connectivity index (χ4n) is 2.87. The predicted molar refractivity (Wildman–Crippen MR) is 107 cm³/mol. The number of hydrogen-bond donors (Lipinski definition) is 1. The van der Waals surface area contributed by atoms with Crippen molar-refractivity contribution in [3.05, 3.63) is 64.0 Å². The standard InChI is InChI=1S/C18H17N3OS3/c1-23-13-6-4-12(5-7-13)17-15-9-19-21(10-14-3-2-8-24-14)18(15)20-16(22)11-25-17/h2-9,17H,10-11H2,1H3,(H,20,22). The van der Waals surface area contributed by atoms with Crippen LogP contribution in [0.2, 0.25) is 0 Å². The molecule has 3 aromatic rings. The van der Waals surface area contributed by atoms with Crippen molar-refractivity contribution in [2.24, 2.45) is 0 Å². The average Bonchev–Trinajstić information content (AvgIpc) is 3.24. The first-order valence-electron chi connectivity index (χ1n) is 7.88. The van der Waals surface area contributed by atoms with Crippen molar-refractivity contribution in [2.45, 2.75) is 16.7 Å². The van der Waals surface area contributed by atoms with E-state index in [1.807, 2.05) is 16.9 Å². The maximum absolute atomic E-state index is 12.2. The summed E-state index contributed by atoms with van der Waals surface area (Å²) in [5, 5.41) is 9.77. The molecule has 1 unspecified atom stereocenters. The number of hydrogen-bond acceptors (Lipinski definition) is 5. The van der Waals surface area contributed by atoms with E-state index in [1.54, 1.807) is 34.9 Å². The molecule has 2 aromatic heterocycles. The van der Waals surface area contributed by atoms with Crippen molar-refractivity contribution in [1.82, 2.24) is 9.78 Å². The number of rotatable bonds is 4. The lowest BCUT2D eigenvalue weighted by Gasteiger charge is -2.14. The van der Waals surface area contributed by atoms with Crippen molar-refractivity contribution in [3.8, 4) is 0 Å². The monoisotopic (exact) mass is 387 g/mol. The van der Waals surface area contributed by atoms with Gasteiger partial charge in [0.15, 0.2) is 0 Å². The lowest BCUT2D eigenvalue weighted by molar-refractivity contribution is -0.113. The van der Waals surface area contributed by atoms with Gasteiger partial charge in [0.25, 0.3) is 0 Å². The van der Waals surface area contributed by atoms with Crippen LogP contribution in [0.25, 0.3) is 0 Å². The Kier molecular flexibility index (Phi) is 4.87. The Hall–Kier alpha value is -1.70. The number of aromatic nitrogens is 2. The molecule has 128 valence electrons. The molecule has 4 nitrogen and oxygen atoms in total. The Labute approximate surface area is 159 Å². The lowest BCUT2D eigenvalue weighted by atomic mass is 10.1. The van der Waals surface area contributed by atoms with Crippen LogP contribution in [-0.4, -0.2) is 27.7 Å². The molecule has 0 spiro atoms. The average molecular weight is 388 g/mol. The first kappa shape index (κ1) is 16.8. The minimum Gasteiger partial charge on any atom is -0.310 e. The summed E-state index contributed by atoms with van der Waals surface area (Å²) in [6.07, 6.45) is 3.97. The molecular formula is C18H17N3OS3. The molecule has 3 heterocycles. The summed E-state index contributed by atoms with van der Waals surface area (Å²) in [6.45, 7) is 0.677. The number of thioether (sulfide) groups is 2. The molecule has 25 heavy (non-hydrogen) atoms. The highest BCUT2D eigenvalue weighted by Crippen LogP contribution is 2.41. The van der Waals surface area contributed by atoms with Crippen LogP contribution in [0.4, 0.5) is 5.82 Å². The summed E-state index contributed by atoms with van der Waals surface area (Å²) in [5.74, 6) is 1.30. The Balaban J connectivity index is 1.71. The van der Waals surface area contributed by atoms with Gasteiger partial charge in [-0.2, -0.15) is 5.10 Å². The zero-order valence-corrected chi connectivity index (χ0v) is 16.1. The highest BCUT2D eigenvalue weighted by molar-refractivity contribution is 8.00. The number of benzene rings is 1. The van der Waals surface area contributed by atoms with Gasteiger partial charge < -0.3 is 5.32 Å². The van der Waals surface area contributed by atoms with Gasteiger partial charge in [0, 0.05) is 15.3 Å². The van der Waals surface area contributed by atoms with Crippen molar-refractivity contribution in [2.75, 3.05) is 17.3 Å². The van der Waals surface area contributed by atoms with E-state index in [0.29, 0.717) is 12.3 Å². The van der Waals surface area contributed by atoms with E-state index in [0.717, 1.165) is 11.4 Å². The van der Waals surface area contributed by atoms with Crippen molar-refractivity contribution in [1.29, 1.82) is 0 Å². The quantitative estimate of drug-likeness (QED) is 0.670. The molecule has 1 aliphatic heterocycles. The van der Waals surface area contributed by atoms with Crippen LogP contribution in [0.1, 0.15) is 21.3 Å². The number of thiophene rings is 1. The van der Waals surface area contributed by atoms with Gasteiger partial charge in [0.05, 0.1) is 23.7 Å². The number of nitrogens with one attached hydrogen (secondary N) is 1. The fourth-order valence-corrected chi connectivity index (χ4v) is 5.06. The minimum absolute atomic E-state index is 0.0300. The molecule has 0 radical (unpaired) electrons. The van der Waals surface area contributed by atoms with E-state index in [-0.39, 0.29) is 11.2 Å². The third kappa shape index (κ3) is 3.49. The fraction of sp³-hybridized carbons (Fsp3) is 0.222. The van der Waals surface area contributed by atoms with Crippen LogP contribution in [-0.2, 0) is 11.3 Å². The molecule has 1 N–H and O–H groups in total. The SMILES string of the molecule is CSc1ccc(C2SCC(=O)Nc3c2cnn3Cc2cccs2)cc1. The molecule has 1 aliphatic rings. The summed E-state index contributed by atoms with van der Waals surface area (Å²) in [7, 11) is 0. The van der Waals surface area contributed by atoms with Crippen molar-refractivity contribution in [3.63, 3.8) is 0 Å². The smallest absolute Gasteiger partial charge is 0.235 e. The Morgan fingerprint density at radius 1 is 1.32 bits per heavy atom. The van der Waals surface area contributed by atoms with Gasteiger partial charge in [0.1, 0.15) is 5.82 Å².